The summed E-state index contributed by atoms with van der Waals surface area (Å²) in [6, 6.07) is 11.5. The molecule has 0 aliphatic carbocycles. The van der Waals surface area contributed by atoms with Crippen molar-refractivity contribution in [2.75, 3.05) is 11.9 Å². The summed E-state index contributed by atoms with van der Waals surface area (Å²) in [7, 11) is 0. The van der Waals surface area contributed by atoms with Crippen LogP contribution in [0.25, 0.3) is 11.1 Å². The molecule has 3 heterocycles. The second kappa shape index (κ2) is 7.84. The zero-order chi connectivity index (χ0) is 19.3. The van der Waals surface area contributed by atoms with Gasteiger partial charge in [0.25, 0.3) is 0 Å². The number of nitriles is 1. The van der Waals surface area contributed by atoms with E-state index >= 15 is 0 Å². The zero-order valence-corrected chi connectivity index (χ0v) is 15.3. The Labute approximate surface area is 161 Å². The van der Waals surface area contributed by atoms with Gasteiger partial charge in [-0.3, -0.25) is 4.68 Å². The molecule has 0 fully saturated rings. The van der Waals surface area contributed by atoms with Crippen LogP contribution in [0.2, 0.25) is 0 Å². The Hall–Kier alpha value is -3.80. The highest BCUT2D eigenvalue weighted by Crippen LogP contribution is 2.26. The average molecular weight is 374 g/mol. The van der Waals surface area contributed by atoms with E-state index in [1.807, 2.05) is 31.2 Å². The first-order valence-corrected chi connectivity index (χ1v) is 8.90. The highest BCUT2D eigenvalue weighted by molar-refractivity contribution is 5.72. The van der Waals surface area contributed by atoms with E-state index in [-0.39, 0.29) is 0 Å². The van der Waals surface area contributed by atoms with Crippen molar-refractivity contribution in [3.8, 4) is 6.07 Å². The fraction of sp³-hybridized carbons (Fsp3) is 0.263. The summed E-state index contributed by atoms with van der Waals surface area (Å²) in [6.45, 7) is 3.28. The second-order valence-corrected chi connectivity index (χ2v) is 6.28. The quantitative estimate of drug-likeness (QED) is 0.491. The first-order chi connectivity index (χ1) is 13.7. The summed E-state index contributed by atoms with van der Waals surface area (Å²) in [6.07, 6.45) is 4.03. The molecule has 3 aromatic heterocycles. The molecular weight excluding hydrogens is 356 g/mol. The first-order valence-electron chi connectivity index (χ1n) is 8.90. The van der Waals surface area contributed by atoms with Crippen molar-refractivity contribution in [2.24, 2.45) is 0 Å². The highest BCUT2D eigenvalue weighted by Gasteiger charge is 2.22. The lowest BCUT2D eigenvalue weighted by Crippen LogP contribution is -2.12. The Balaban J connectivity index is 1.50. The van der Waals surface area contributed by atoms with Gasteiger partial charge in [0.1, 0.15) is 18.2 Å². The van der Waals surface area contributed by atoms with Crippen LogP contribution in [0, 0.1) is 18.3 Å². The van der Waals surface area contributed by atoms with Crippen LogP contribution < -0.4 is 5.32 Å². The summed E-state index contributed by atoms with van der Waals surface area (Å²) in [5.41, 5.74) is 2.69. The number of anilines is 1. The van der Waals surface area contributed by atoms with Crippen molar-refractivity contribution in [1.82, 2.24) is 29.7 Å². The molecule has 0 aliphatic heterocycles. The van der Waals surface area contributed by atoms with E-state index in [0.29, 0.717) is 29.7 Å². The maximum atomic E-state index is 9.71. The zero-order valence-electron chi connectivity index (χ0n) is 15.3. The summed E-state index contributed by atoms with van der Waals surface area (Å²) in [5.74, 6) is 0.105. The molecule has 140 valence electrons. The molecule has 28 heavy (non-hydrogen) atoms. The van der Waals surface area contributed by atoms with Gasteiger partial charge in [-0.15, -0.1) is 0 Å². The van der Waals surface area contributed by atoms with Gasteiger partial charge in [0.15, 0.2) is 11.5 Å². The van der Waals surface area contributed by atoms with Gasteiger partial charge in [-0.25, -0.2) is 19.9 Å². The van der Waals surface area contributed by atoms with Crippen LogP contribution in [-0.4, -0.2) is 36.3 Å². The minimum atomic E-state index is -0.704. The molecule has 1 unspecified atom stereocenters. The minimum absolute atomic E-state index is 0.332. The van der Waals surface area contributed by atoms with Crippen molar-refractivity contribution in [1.29, 1.82) is 5.26 Å². The average Bonchev–Trinajstić information content (AvgIpc) is 3.35. The lowest BCUT2D eigenvalue weighted by molar-refractivity contribution is 0.525. The molecule has 9 heteroatoms. The van der Waals surface area contributed by atoms with Crippen molar-refractivity contribution < 1.29 is 4.42 Å². The normalized spacial score (nSPS) is 12.0. The van der Waals surface area contributed by atoms with Crippen molar-refractivity contribution in [3.05, 3.63) is 60.3 Å². The van der Waals surface area contributed by atoms with E-state index in [2.05, 4.69) is 36.4 Å². The molecule has 1 atom stereocenters. The Morgan fingerprint density at radius 1 is 1.25 bits per heavy atom. The first kappa shape index (κ1) is 17.6. The van der Waals surface area contributed by atoms with Gasteiger partial charge in [-0.1, -0.05) is 12.1 Å². The van der Waals surface area contributed by atoms with E-state index < -0.39 is 5.92 Å². The maximum Gasteiger partial charge on any atom is 0.223 e. The smallest absolute Gasteiger partial charge is 0.223 e. The lowest BCUT2D eigenvalue weighted by Gasteiger charge is -2.10. The van der Waals surface area contributed by atoms with E-state index in [0.717, 1.165) is 24.2 Å². The molecule has 0 spiro atoms. The number of benzene rings is 1. The molecule has 0 bridgehead atoms. The van der Waals surface area contributed by atoms with Gasteiger partial charge >= 0.3 is 0 Å². The van der Waals surface area contributed by atoms with Gasteiger partial charge < -0.3 is 9.73 Å². The third-order valence-electron chi connectivity index (χ3n) is 4.17. The Kier molecular flexibility index (Phi) is 4.93. The third-order valence-corrected chi connectivity index (χ3v) is 4.17. The number of rotatable bonds is 7. The summed E-state index contributed by atoms with van der Waals surface area (Å²) >= 11 is 0. The molecule has 4 aromatic rings. The molecule has 0 aliphatic rings. The van der Waals surface area contributed by atoms with Crippen molar-refractivity contribution >= 4 is 17.0 Å². The number of para-hydroxylation sites is 2. The number of nitrogens with one attached hydrogen (secondary N) is 1. The van der Waals surface area contributed by atoms with Gasteiger partial charge in [0.2, 0.25) is 11.8 Å². The van der Waals surface area contributed by atoms with Gasteiger partial charge in [0.05, 0.1) is 11.8 Å². The number of oxazole rings is 1. The molecule has 0 saturated carbocycles. The van der Waals surface area contributed by atoms with Crippen LogP contribution in [0.3, 0.4) is 0 Å². The van der Waals surface area contributed by atoms with Crippen LogP contribution in [0.5, 0.6) is 0 Å². The molecule has 0 amide bonds. The molecular formula is C19H18N8O. The number of nitrogens with zero attached hydrogens (tertiary/aromatic N) is 7. The monoisotopic (exact) mass is 374 g/mol. The molecule has 1 aromatic carbocycles. The molecule has 1 N–H and O–H groups in total. The second-order valence-electron chi connectivity index (χ2n) is 6.28. The lowest BCUT2D eigenvalue weighted by atomic mass is 10.1. The summed E-state index contributed by atoms with van der Waals surface area (Å²) in [5, 5.41) is 17.0. The van der Waals surface area contributed by atoms with Crippen molar-refractivity contribution in [2.45, 2.75) is 25.8 Å². The Morgan fingerprint density at radius 3 is 2.93 bits per heavy atom. The predicted octanol–water partition coefficient (Wildman–Crippen LogP) is 2.68. The molecule has 9 nitrogen and oxygen atoms in total. The number of fused-ring (bicyclic) bond motifs is 1. The van der Waals surface area contributed by atoms with Gasteiger partial charge in [-0.2, -0.15) is 10.4 Å². The number of aryl methyl sites for hydroxylation is 2. The van der Waals surface area contributed by atoms with Gasteiger partial charge in [0, 0.05) is 18.8 Å². The van der Waals surface area contributed by atoms with Crippen molar-refractivity contribution in [3.63, 3.8) is 0 Å². The Morgan fingerprint density at radius 2 is 2.14 bits per heavy atom. The number of hydrogen-bond donors (Lipinski definition) is 1. The minimum Gasteiger partial charge on any atom is -0.439 e. The summed E-state index contributed by atoms with van der Waals surface area (Å²) in [4.78, 5) is 17.3. The van der Waals surface area contributed by atoms with Crippen LogP contribution in [0.15, 0.2) is 47.4 Å². The predicted molar refractivity (Wildman–Crippen MR) is 101 cm³/mol. The molecule has 0 radical (unpaired) electrons. The number of aromatic nitrogens is 6. The van der Waals surface area contributed by atoms with E-state index in [1.165, 1.54) is 6.33 Å². The maximum absolute atomic E-state index is 9.71. The third kappa shape index (κ3) is 3.81. The highest BCUT2D eigenvalue weighted by atomic mass is 16.3. The van der Waals surface area contributed by atoms with Crippen LogP contribution in [-0.2, 0) is 6.54 Å². The number of hydrogen-bond acceptors (Lipinski definition) is 8. The SMILES string of the molecule is Cc1cc(C(C#N)c2nc3ccccc3o2)nc(NCCCn2cncn2)n1. The fourth-order valence-corrected chi connectivity index (χ4v) is 2.87. The van der Waals surface area contributed by atoms with Gasteiger partial charge in [-0.05, 0) is 31.5 Å². The van der Waals surface area contributed by atoms with Crippen LogP contribution in [0.1, 0.15) is 29.6 Å². The van der Waals surface area contributed by atoms with Crippen LogP contribution >= 0.6 is 0 Å². The molecule has 4 rings (SSSR count). The fourth-order valence-electron chi connectivity index (χ4n) is 2.87. The summed E-state index contributed by atoms with van der Waals surface area (Å²) < 4.78 is 7.53. The van der Waals surface area contributed by atoms with E-state index in [4.69, 9.17) is 4.42 Å². The van der Waals surface area contributed by atoms with E-state index in [1.54, 1.807) is 17.1 Å². The van der Waals surface area contributed by atoms with Crippen LogP contribution in [0.4, 0.5) is 5.95 Å². The standard InChI is InChI=1S/C19H18N8O/c1-13-9-16(14(10-20)18-25-15-5-2-3-6-17(15)28-18)26-19(24-13)22-7-4-8-27-12-21-11-23-27/h2-3,5-6,9,11-12,14H,4,7-8H2,1H3,(H,22,24,26). The molecule has 0 saturated heterocycles. The van der Waals surface area contributed by atoms with E-state index in [9.17, 15) is 5.26 Å². The Bertz CT molecular complexity index is 1080. The largest absolute Gasteiger partial charge is 0.439 e. The topological polar surface area (TPSA) is 118 Å².